The minimum atomic E-state index is 0.0850. The largest absolute Gasteiger partial charge is 0.508 e. The Labute approximate surface area is 83.6 Å². The first-order chi connectivity index (χ1) is 6.72. The van der Waals surface area contributed by atoms with Gasteiger partial charge in [-0.2, -0.15) is 0 Å². The zero-order valence-electron chi connectivity index (χ0n) is 8.23. The Hall–Kier alpha value is -1.31. The van der Waals surface area contributed by atoms with E-state index in [0.29, 0.717) is 11.7 Å². The first-order valence-electron chi connectivity index (χ1n) is 4.97. The van der Waals surface area contributed by atoms with Crippen LogP contribution >= 0.6 is 0 Å². The molecule has 0 amide bonds. The fourth-order valence-corrected chi connectivity index (χ4v) is 2.15. The molecule has 74 valence electrons. The zero-order valence-corrected chi connectivity index (χ0v) is 8.23. The van der Waals surface area contributed by atoms with Crippen LogP contribution in [-0.4, -0.2) is 11.4 Å². The molecule has 0 saturated carbocycles. The van der Waals surface area contributed by atoms with Crippen molar-refractivity contribution in [3.63, 3.8) is 0 Å². The Morgan fingerprint density at radius 1 is 1.50 bits per heavy atom. The van der Waals surface area contributed by atoms with Gasteiger partial charge >= 0.3 is 0 Å². The number of hydrogen-bond acceptors (Lipinski definition) is 2. The fourth-order valence-electron chi connectivity index (χ4n) is 2.15. The molecule has 2 atom stereocenters. The average Bonchev–Trinajstić information content (AvgIpc) is 2.62. The minimum absolute atomic E-state index is 0.0850. The van der Waals surface area contributed by atoms with Crippen LogP contribution in [0, 0.1) is 11.8 Å². The highest BCUT2D eigenvalue weighted by Gasteiger charge is 2.27. The molecule has 1 aliphatic rings. The van der Waals surface area contributed by atoms with Crippen molar-refractivity contribution in [3.8, 4) is 5.75 Å². The van der Waals surface area contributed by atoms with Crippen LogP contribution in [0.15, 0.2) is 18.2 Å². The zero-order chi connectivity index (χ0) is 10.1. The van der Waals surface area contributed by atoms with Crippen LogP contribution in [0.3, 0.4) is 0 Å². The van der Waals surface area contributed by atoms with Crippen molar-refractivity contribution in [2.24, 2.45) is 11.8 Å². The summed E-state index contributed by atoms with van der Waals surface area (Å²) in [5.41, 5.74) is 2.23. The molecule has 2 unspecified atom stereocenters. The molecule has 2 nitrogen and oxygen atoms in total. The summed E-state index contributed by atoms with van der Waals surface area (Å²) in [6, 6.07) is 5.61. The van der Waals surface area contributed by atoms with E-state index in [2.05, 4.69) is 0 Å². The molecule has 2 rings (SSSR count). The van der Waals surface area contributed by atoms with Crippen molar-refractivity contribution in [3.05, 3.63) is 29.3 Å². The number of phenols is 1. The topological polar surface area (TPSA) is 37.3 Å². The molecule has 0 saturated heterocycles. The predicted molar refractivity (Wildman–Crippen MR) is 54.2 cm³/mol. The van der Waals surface area contributed by atoms with E-state index in [4.69, 9.17) is 0 Å². The lowest BCUT2D eigenvalue weighted by molar-refractivity contribution is -0.111. The van der Waals surface area contributed by atoms with Crippen molar-refractivity contribution < 1.29 is 9.90 Å². The van der Waals surface area contributed by atoms with E-state index >= 15 is 0 Å². The second-order valence-corrected chi connectivity index (χ2v) is 4.08. The normalized spacial score (nSPS) is 21.6. The second-order valence-electron chi connectivity index (χ2n) is 4.08. The van der Waals surface area contributed by atoms with Gasteiger partial charge < -0.3 is 9.90 Å². The molecule has 0 fully saturated rings. The average molecular weight is 190 g/mol. The molecule has 0 aliphatic heterocycles. The highest BCUT2D eigenvalue weighted by atomic mass is 16.3. The van der Waals surface area contributed by atoms with Gasteiger partial charge in [0.1, 0.15) is 12.0 Å². The lowest BCUT2D eigenvalue weighted by Crippen LogP contribution is -2.12. The van der Waals surface area contributed by atoms with E-state index in [1.54, 1.807) is 6.07 Å². The number of aldehydes is 1. The lowest BCUT2D eigenvalue weighted by atomic mass is 9.93. The SMILES string of the molecule is CC(C=O)C1Cc2cccc(O)c2C1. The van der Waals surface area contributed by atoms with Gasteiger partial charge in [-0.3, -0.25) is 0 Å². The predicted octanol–water partition coefficient (Wildman–Crippen LogP) is 1.94. The van der Waals surface area contributed by atoms with Gasteiger partial charge in [0, 0.05) is 5.92 Å². The third-order valence-electron chi connectivity index (χ3n) is 3.15. The summed E-state index contributed by atoms with van der Waals surface area (Å²) in [7, 11) is 0. The van der Waals surface area contributed by atoms with Crippen LogP contribution in [0.2, 0.25) is 0 Å². The quantitative estimate of drug-likeness (QED) is 0.724. The maximum absolute atomic E-state index is 10.7. The number of carbonyl (C=O) groups is 1. The van der Waals surface area contributed by atoms with Crippen LogP contribution in [-0.2, 0) is 17.6 Å². The number of phenolic OH excluding ortho intramolecular Hbond substituents is 1. The molecule has 0 bridgehead atoms. The van der Waals surface area contributed by atoms with Gasteiger partial charge in [0.2, 0.25) is 0 Å². The standard InChI is InChI=1S/C12H14O2/c1-8(7-13)10-5-9-3-2-4-12(14)11(9)6-10/h2-4,7-8,10,14H,5-6H2,1H3. The molecule has 0 spiro atoms. The van der Waals surface area contributed by atoms with Gasteiger partial charge in [0.05, 0.1) is 0 Å². The Kier molecular flexibility index (Phi) is 2.28. The van der Waals surface area contributed by atoms with Crippen LogP contribution in [0.4, 0.5) is 0 Å². The van der Waals surface area contributed by atoms with Crippen molar-refractivity contribution in [2.45, 2.75) is 19.8 Å². The summed E-state index contributed by atoms with van der Waals surface area (Å²) in [6.07, 6.45) is 2.76. The first-order valence-corrected chi connectivity index (χ1v) is 4.97. The Morgan fingerprint density at radius 2 is 2.29 bits per heavy atom. The van der Waals surface area contributed by atoms with E-state index < -0.39 is 0 Å². The Bertz CT molecular complexity index is 357. The molecule has 1 aromatic rings. The van der Waals surface area contributed by atoms with Gasteiger partial charge in [0.15, 0.2) is 0 Å². The summed E-state index contributed by atoms with van der Waals surface area (Å²) in [5.74, 6) is 0.834. The summed E-state index contributed by atoms with van der Waals surface area (Å²) in [6.45, 7) is 1.95. The number of fused-ring (bicyclic) bond motifs is 1. The fraction of sp³-hybridized carbons (Fsp3) is 0.417. The van der Waals surface area contributed by atoms with Crippen LogP contribution in [0.5, 0.6) is 5.75 Å². The number of rotatable bonds is 2. The smallest absolute Gasteiger partial charge is 0.123 e. The molecule has 1 N–H and O–H groups in total. The van der Waals surface area contributed by atoms with E-state index in [1.807, 2.05) is 19.1 Å². The summed E-state index contributed by atoms with van der Waals surface area (Å²) < 4.78 is 0. The summed E-state index contributed by atoms with van der Waals surface area (Å²) in [5, 5.41) is 9.62. The van der Waals surface area contributed by atoms with Gasteiger partial charge in [0.25, 0.3) is 0 Å². The van der Waals surface area contributed by atoms with Gasteiger partial charge in [-0.25, -0.2) is 0 Å². The van der Waals surface area contributed by atoms with E-state index in [1.165, 1.54) is 5.56 Å². The minimum Gasteiger partial charge on any atom is -0.508 e. The molecule has 1 aromatic carbocycles. The molecule has 1 aliphatic carbocycles. The first kappa shape index (κ1) is 9.25. The lowest BCUT2D eigenvalue weighted by Gasteiger charge is -2.11. The number of benzene rings is 1. The van der Waals surface area contributed by atoms with E-state index in [9.17, 15) is 9.90 Å². The monoisotopic (exact) mass is 190 g/mol. The van der Waals surface area contributed by atoms with Crippen molar-refractivity contribution in [2.75, 3.05) is 0 Å². The number of hydrogen-bond donors (Lipinski definition) is 1. The van der Waals surface area contributed by atoms with Gasteiger partial charge in [-0.15, -0.1) is 0 Å². The highest BCUT2D eigenvalue weighted by molar-refractivity contribution is 5.55. The molecule has 2 heteroatoms. The molecular weight excluding hydrogens is 176 g/mol. The second kappa shape index (κ2) is 3.45. The number of carbonyl (C=O) groups excluding carboxylic acids is 1. The molecule has 0 heterocycles. The van der Waals surface area contributed by atoms with Crippen molar-refractivity contribution >= 4 is 6.29 Å². The maximum Gasteiger partial charge on any atom is 0.123 e. The third-order valence-corrected chi connectivity index (χ3v) is 3.15. The maximum atomic E-state index is 10.7. The highest BCUT2D eigenvalue weighted by Crippen LogP contribution is 2.35. The molecule has 14 heavy (non-hydrogen) atoms. The van der Waals surface area contributed by atoms with Crippen LogP contribution in [0.1, 0.15) is 18.1 Å². The van der Waals surface area contributed by atoms with Crippen molar-refractivity contribution in [1.29, 1.82) is 0 Å². The molecule has 0 aromatic heterocycles. The molecular formula is C12H14O2. The third kappa shape index (κ3) is 1.41. The summed E-state index contributed by atoms with van der Waals surface area (Å²) >= 11 is 0. The van der Waals surface area contributed by atoms with E-state index in [0.717, 1.165) is 24.7 Å². The Balaban J connectivity index is 2.26. The number of aromatic hydroxyl groups is 1. The van der Waals surface area contributed by atoms with Crippen LogP contribution in [0.25, 0.3) is 0 Å². The van der Waals surface area contributed by atoms with Crippen molar-refractivity contribution in [1.82, 2.24) is 0 Å². The van der Waals surface area contributed by atoms with Crippen LogP contribution < -0.4 is 0 Å². The van der Waals surface area contributed by atoms with Gasteiger partial charge in [-0.05, 0) is 36.0 Å². The Morgan fingerprint density at radius 3 is 2.93 bits per heavy atom. The summed E-state index contributed by atoms with van der Waals surface area (Å²) in [4.78, 5) is 10.7. The van der Waals surface area contributed by atoms with Gasteiger partial charge in [-0.1, -0.05) is 19.1 Å². The molecule has 0 radical (unpaired) electrons. The van der Waals surface area contributed by atoms with E-state index in [-0.39, 0.29) is 5.92 Å².